The fourth-order valence-corrected chi connectivity index (χ4v) is 1.50. The Bertz CT molecular complexity index is 443. The summed E-state index contributed by atoms with van der Waals surface area (Å²) in [6.07, 6.45) is 0. The number of anilines is 1. The number of likely N-dealkylation sites (N-methyl/N-ethyl adjacent to an activating group) is 1. The minimum atomic E-state index is -0.565. The van der Waals surface area contributed by atoms with Crippen molar-refractivity contribution in [1.29, 1.82) is 0 Å². The van der Waals surface area contributed by atoms with Gasteiger partial charge in [0.15, 0.2) is 0 Å². The molecule has 0 heterocycles. The fourth-order valence-electron chi connectivity index (χ4n) is 1.50. The lowest BCUT2D eigenvalue weighted by atomic mass is 10.1. The molecule has 1 unspecified atom stereocenters. The molecule has 0 aliphatic heterocycles. The molecule has 0 bridgehead atoms. The second-order valence-corrected chi connectivity index (χ2v) is 3.88. The normalized spacial score (nSPS) is 11.7. The van der Waals surface area contributed by atoms with Crippen molar-refractivity contribution in [2.75, 3.05) is 12.8 Å². The predicted molar refractivity (Wildman–Crippen MR) is 66.6 cm³/mol. The maximum Gasteiger partial charge on any atom is 0.252 e. The van der Waals surface area contributed by atoms with Gasteiger partial charge in [-0.15, -0.1) is 0 Å². The lowest BCUT2D eigenvalue weighted by molar-refractivity contribution is -0.122. The Morgan fingerprint density at radius 2 is 2.00 bits per heavy atom. The second kappa shape index (κ2) is 5.34. The third-order valence-electron chi connectivity index (χ3n) is 2.48. The topological polar surface area (TPSA) is 84.2 Å². The van der Waals surface area contributed by atoms with Crippen LogP contribution < -0.4 is 16.4 Å². The molecule has 0 aliphatic carbocycles. The molecular weight excluding hydrogens is 218 g/mol. The van der Waals surface area contributed by atoms with Gasteiger partial charge in [0.2, 0.25) is 5.91 Å². The van der Waals surface area contributed by atoms with Crippen molar-refractivity contribution >= 4 is 17.5 Å². The molecule has 1 rings (SSSR count). The zero-order valence-corrected chi connectivity index (χ0v) is 10.2. The Kier molecular flexibility index (Phi) is 4.09. The van der Waals surface area contributed by atoms with E-state index in [1.807, 2.05) is 0 Å². The molecule has 5 nitrogen and oxygen atoms in total. The standard InChI is InChI=1S/C12H17N3O2/c1-7-6-9(13)4-5-10(7)12(17)15-8(2)11(16)14-3/h4-6,8H,13H2,1-3H3,(H,14,16)(H,15,17). The molecule has 4 N–H and O–H groups in total. The largest absolute Gasteiger partial charge is 0.399 e. The Balaban J connectivity index is 2.80. The van der Waals surface area contributed by atoms with E-state index in [0.29, 0.717) is 11.3 Å². The number of carbonyl (C=O) groups excluding carboxylic acids is 2. The van der Waals surface area contributed by atoms with E-state index in [0.717, 1.165) is 5.56 Å². The first kappa shape index (κ1) is 13.0. The van der Waals surface area contributed by atoms with E-state index in [2.05, 4.69) is 10.6 Å². The van der Waals surface area contributed by atoms with Crippen LogP contribution in [0.1, 0.15) is 22.8 Å². The third-order valence-corrected chi connectivity index (χ3v) is 2.48. The van der Waals surface area contributed by atoms with Crippen molar-refractivity contribution in [2.24, 2.45) is 0 Å². The van der Waals surface area contributed by atoms with Gasteiger partial charge in [0.1, 0.15) is 6.04 Å². The van der Waals surface area contributed by atoms with Crippen molar-refractivity contribution in [1.82, 2.24) is 10.6 Å². The number of amides is 2. The minimum absolute atomic E-state index is 0.230. The van der Waals surface area contributed by atoms with E-state index >= 15 is 0 Å². The van der Waals surface area contributed by atoms with Gasteiger partial charge in [-0.05, 0) is 37.6 Å². The smallest absolute Gasteiger partial charge is 0.252 e. The fraction of sp³-hybridized carbons (Fsp3) is 0.333. The van der Waals surface area contributed by atoms with Gasteiger partial charge in [0, 0.05) is 18.3 Å². The van der Waals surface area contributed by atoms with E-state index in [9.17, 15) is 9.59 Å². The van der Waals surface area contributed by atoms with Crippen LogP contribution in [0.15, 0.2) is 18.2 Å². The van der Waals surface area contributed by atoms with E-state index in [1.165, 1.54) is 7.05 Å². The Morgan fingerprint density at radius 1 is 1.35 bits per heavy atom. The maximum absolute atomic E-state index is 11.9. The average molecular weight is 235 g/mol. The number of aryl methyl sites for hydroxylation is 1. The van der Waals surface area contributed by atoms with Crippen molar-refractivity contribution in [3.63, 3.8) is 0 Å². The van der Waals surface area contributed by atoms with Crippen molar-refractivity contribution in [2.45, 2.75) is 19.9 Å². The SMILES string of the molecule is CNC(=O)C(C)NC(=O)c1ccc(N)cc1C. The molecule has 1 aromatic carbocycles. The second-order valence-electron chi connectivity index (χ2n) is 3.88. The molecule has 0 aliphatic rings. The predicted octanol–water partition coefficient (Wildman–Crippen LogP) is 0.442. The van der Waals surface area contributed by atoms with Crippen molar-refractivity contribution in [3.05, 3.63) is 29.3 Å². The van der Waals surface area contributed by atoms with Crippen molar-refractivity contribution < 1.29 is 9.59 Å². The average Bonchev–Trinajstić information content (AvgIpc) is 2.27. The number of nitrogens with one attached hydrogen (secondary N) is 2. The molecule has 0 aromatic heterocycles. The molecule has 0 spiro atoms. The van der Waals surface area contributed by atoms with Gasteiger partial charge in [-0.3, -0.25) is 9.59 Å². The minimum Gasteiger partial charge on any atom is -0.399 e. The molecule has 0 fully saturated rings. The summed E-state index contributed by atoms with van der Waals surface area (Å²) in [5, 5.41) is 5.09. The van der Waals surface area contributed by atoms with Crippen molar-refractivity contribution in [3.8, 4) is 0 Å². The zero-order valence-electron chi connectivity index (χ0n) is 10.2. The van der Waals surface area contributed by atoms with Crippen LogP contribution in [-0.2, 0) is 4.79 Å². The van der Waals surface area contributed by atoms with Crippen LogP contribution in [0.4, 0.5) is 5.69 Å². The lowest BCUT2D eigenvalue weighted by Crippen LogP contribution is -2.43. The van der Waals surface area contributed by atoms with Crippen LogP contribution in [0.25, 0.3) is 0 Å². The first-order valence-corrected chi connectivity index (χ1v) is 5.34. The number of hydrogen-bond acceptors (Lipinski definition) is 3. The van der Waals surface area contributed by atoms with Gasteiger partial charge >= 0.3 is 0 Å². The highest BCUT2D eigenvalue weighted by atomic mass is 16.2. The van der Waals surface area contributed by atoms with E-state index < -0.39 is 6.04 Å². The van der Waals surface area contributed by atoms with Gasteiger partial charge in [0.05, 0.1) is 0 Å². The molecule has 0 saturated heterocycles. The van der Waals surface area contributed by atoms with Crippen LogP contribution in [0.5, 0.6) is 0 Å². The number of nitrogen functional groups attached to an aromatic ring is 1. The first-order chi connectivity index (χ1) is 7.95. The molecule has 92 valence electrons. The summed E-state index contributed by atoms with van der Waals surface area (Å²) in [6.45, 7) is 3.43. The highest BCUT2D eigenvalue weighted by molar-refractivity contribution is 5.98. The highest BCUT2D eigenvalue weighted by Crippen LogP contribution is 2.12. The number of nitrogens with two attached hydrogens (primary N) is 1. The van der Waals surface area contributed by atoms with Gasteiger partial charge < -0.3 is 16.4 Å². The summed E-state index contributed by atoms with van der Waals surface area (Å²) < 4.78 is 0. The lowest BCUT2D eigenvalue weighted by Gasteiger charge is -2.13. The third kappa shape index (κ3) is 3.21. The van der Waals surface area contributed by atoms with Crippen LogP contribution in [-0.4, -0.2) is 24.9 Å². The summed E-state index contributed by atoms with van der Waals surface area (Å²) in [4.78, 5) is 23.1. The maximum atomic E-state index is 11.9. The van der Waals surface area contributed by atoms with Crippen LogP contribution in [0.2, 0.25) is 0 Å². The Morgan fingerprint density at radius 3 is 2.53 bits per heavy atom. The molecule has 1 aromatic rings. The van der Waals surface area contributed by atoms with Gasteiger partial charge in [-0.2, -0.15) is 0 Å². The summed E-state index contributed by atoms with van der Waals surface area (Å²) in [5.74, 6) is -0.509. The molecule has 0 radical (unpaired) electrons. The molecular formula is C12H17N3O2. The summed E-state index contributed by atoms with van der Waals surface area (Å²) in [5.41, 5.74) is 7.52. The van der Waals surface area contributed by atoms with Gasteiger partial charge in [0.25, 0.3) is 5.91 Å². The molecule has 0 saturated carbocycles. The number of benzene rings is 1. The van der Waals surface area contributed by atoms with E-state index in [1.54, 1.807) is 32.0 Å². The number of hydrogen-bond donors (Lipinski definition) is 3. The van der Waals surface area contributed by atoms with Crippen LogP contribution in [0, 0.1) is 6.92 Å². The van der Waals surface area contributed by atoms with Gasteiger partial charge in [-0.1, -0.05) is 0 Å². The summed E-state index contributed by atoms with van der Waals surface area (Å²) >= 11 is 0. The monoisotopic (exact) mass is 235 g/mol. The Labute approximate surface area is 100 Å². The van der Waals surface area contributed by atoms with E-state index in [4.69, 9.17) is 5.73 Å². The molecule has 1 atom stereocenters. The first-order valence-electron chi connectivity index (χ1n) is 5.34. The zero-order chi connectivity index (χ0) is 13.0. The van der Waals surface area contributed by atoms with Gasteiger partial charge in [-0.25, -0.2) is 0 Å². The molecule has 2 amide bonds. The number of carbonyl (C=O) groups is 2. The molecule has 5 heteroatoms. The molecule has 17 heavy (non-hydrogen) atoms. The summed E-state index contributed by atoms with van der Waals surface area (Å²) in [7, 11) is 1.53. The quantitative estimate of drug-likeness (QED) is 0.665. The van der Waals surface area contributed by atoms with E-state index in [-0.39, 0.29) is 11.8 Å². The Hall–Kier alpha value is -2.04. The highest BCUT2D eigenvalue weighted by Gasteiger charge is 2.16. The van der Waals surface area contributed by atoms with Crippen LogP contribution in [0.3, 0.4) is 0 Å². The summed E-state index contributed by atoms with van der Waals surface area (Å²) in [6, 6.07) is 4.46. The number of rotatable bonds is 3. The van der Waals surface area contributed by atoms with Crippen LogP contribution >= 0.6 is 0 Å².